The molecule has 2 aromatic rings. The van der Waals surface area contributed by atoms with Gasteiger partial charge >= 0.3 is 6.18 Å². The van der Waals surface area contributed by atoms with Crippen molar-refractivity contribution >= 4 is 17.7 Å². The Balaban J connectivity index is 2.31. The molecule has 0 unspecified atom stereocenters. The number of aromatic nitrogens is 1. The van der Waals surface area contributed by atoms with Gasteiger partial charge in [-0.2, -0.15) is 13.2 Å². The van der Waals surface area contributed by atoms with E-state index in [1.165, 1.54) is 6.08 Å². The van der Waals surface area contributed by atoms with E-state index in [4.69, 9.17) is 30.9 Å². The standard InChI is InChI=1S/C18H17ClF3NO4/c1-25-7-8-26-14-5-4-12(3-2-6-24)16(10-14)27-17-15(19)9-13(11-23-17)18(20,21)22/h2-5,9-11,24H,6-8H2,1H3/b3-2+. The fourth-order valence-electron chi connectivity index (χ4n) is 2.01. The lowest BCUT2D eigenvalue weighted by Gasteiger charge is -2.13. The first-order chi connectivity index (χ1) is 12.8. The van der Waals surface area contributed by atoms with E-state index < -0.39 is 11.7 Å². The largest absolute Gasteiger partial charge is 0.491 e. The second-order valence-corrected chi connectivity index (χ2v) is 5.64. The number of ether oxygens (including phenoxy) is 3. The van der Waals surface area contributed by atoms with Gasteiger partial charge in [0, 0.05) is 24.9 Å². The highest BCUT2D eigenvalue weighted by Crippen LogP contribution is 2.36. The van der Waals surface area contributed by atoms with Gasteiger partial charge in [0.25, 0.3) is 0 Å². The molecule has 0 aliphatic heterocycles. The minimum absolute atomic E-state index is 0.183. The van der Waals surface area contributed by atoms with Crippen molar-refractivity contribution in [3.8, 4) is 17.4 Å². The Morgan fingerprint density at radius 2 is 2.00 bits per heavy atom. The first-order valence-corrected chi connectivity index (χ1v) is 8.16. The van der Waals surface area contributed by atoms with E-state index in [0.717, 1.165) is 6.07 Å². The van der Waals surface area contributed by atoms with Crippen LogP contribution >= 0.6 is 11.6 Å². The minimum Gasteiger partial charge on any atom is -0.491 e. The number of alkyl halides is 3. The summed E-state index contributed by atoms with van der Waals surface area (Å²) in [4.78, 5) is 3.66. The molecule has 2 rings (SSSR count). The molecule has 1 heterocycles. The van der Waals surface area contributed by atoms with E-state index in [1.54, 1.807) is 31.4 Å². The molecule has 1 aromatic heterocycles. The molecule has 0 bridgehead atoms. The number of nitrogens with zero attached hydrogens (tertiary/aromatic N) is 1. The van der Waals surface area contributed by atoms with Crippen molar-refractivity contribution in [2.75, 3.05) is 26.9 Å². The normalized spacial score (nSPS) is 11.8. The van der Waals surface area contributed by atoms with E-state index >= 15 is 0 Å². The van der Waals surface area contributed by atoms with Crippen LogP contribution < -0.4 is 9.47 Å². The third kappa shape index (κ3) is 6.13. The molecular weight excluding hydrogens is 387 g/mol. The van der Waals surface area contributed by atoms with Crippen molar-refractivity contribution in [1.82, 2.24) is 4.98 Å². The number of rotatable bonds is 8. The van der Waals surface area contributed by atoms with Crippen LogP contribution in [0.4, 0.5) is 13.2 Å². The summed E-state index contributed by atoms with van der Waals surface area (Å²) in [6.07, 6.45) is -0.843. The van der Waals surface area contributed by atoms with Crippen LogP contribution in [-0.2, 0) is 10.9 Å². The summed E-state index contributed by atoms with van der Waals surface area (Å²) < 4.78 is 54.2. The highest BCUT2D eigenvalue weighted by molar-refractivity contribution is 6.31. The van der Waals surface area contributed by atoms with E-state index in [9.17, 15) is 13.2 Å². The lowest BCUT2D eigenvalue weighted by atomic mass is 10.1. The molecule has 5 nitrogen and oxygen atoms in total. The molecule has 0 atom stereocenters. The molecule has 1 N–H and O–H groups in total. The SMILES string of the molecule is COCCOc1ccc(/C=C/CO)c(Oc2ncc(C(F)(F)F)cc2Cl)c1. The van der Waals surface area contributed by atoms with Crippen LogP contribution in [0, 0.1) is 0 Å². The Hall–Kier alpha value is -2.29. The maximum atomic E-state index is 12.7. The van der Waals surface area contributed by atoms with Gasteiger partial charge in [0.15, 0.2) is 0 Å². The summed E-state index contributed by atoms with van der Waals surface area (Å²) in [6.45, 7) is 0.501. The molecule has 146 valence electrons. The molecule has 1 aromatic carbocycles. The van der Waals surface area contributed by atoms with Crippen LogP contribution in [0.2, 0.25) is 5.02 Å². The summed E-state index contributed by atoms with van der Waals surface area (Å²) in [6, 6.07) is 5.64. The predicted molar refractivity (Wildman–Crippen MR) is 94.3 cm³/mol. The molecule has 9 heteroatoms. The number of hydrogen-bond donors (Lipinski definition) is 1. The zero-order valence-electron chi connectivity index (χ0n) is 14.3. The molecule has 0 aliphatic rings. The fraction of sp³-hybridized carbons (Fsp3) is 0.278. The van der Waals surface area contributed by atoms with Crippen molar-refractivity contribution in [3.63, 3.8) is 0 Å². The molecule has 0 radical (unpaired) electrons. The lowest BCUT2D eigenvalue weighted by molar-refractivity contribution is -0.137. The molecule has 0 aliphatic carbocycles. The number of hydrogen-bond acceptors (Lipinski definition) is 5. The maximum Gasteiger partial charge on any atom is 0.417 e. The number of benzene rings is 1. The zero-order chi connectivity index (χ0) is 19.9. The van der Waals surface area contributed by atoms with Gasteiger partial charge in [-0.25, -0.2) is 4.98 Å². The summed E-state index contributed by atoms with van der Waals surface area (Å²) >= 11 is 5.89. The first kappa shape index (κ1) is 21.0. The number of aliphatic hydroxyl groups excluding tert-OH is 1. The molecule has 0 saturated carbocycles. The van der Waals surface area contributed by atoms with E-state index in [0.29, 0.717) is 30.7 Å². The fourth-order valence-corrected chi connectivity index (χ4v) is 2.22. The summed E-state index contributed by atoms with van der Waals surface area (Å²) in [7, 11) is 1.54. The second kappa shape index (κ2) is 9.59. The highest BCUT2D eigenvalue weighted by atomic mass is 35.5. The Labute approximate surface area is 159 Å². The molecular formula is C18H17ClF3NO4. The average Bonchev–Trinajstić information content (AvgIpc) is 2.62. The Kier molecular flexibility index (Phi) is 7.46. The lowest BCUT2D eigenvalue weighted by Crippen LogP contribution is -2.06. The predicted octanol–water partition coefficient (Wildman–Crippen LogP) is 4.58. The third-order valence-electron chi connectivity index (χ3n) is 3.29. The topological polar surface area (TPSA) is 60.8 Å². The molecule has 0 saturated heterocycles. The summed E-state index contributed by atoms with van der Waals surface area (Å²) in [5, 5.41) is 8.67. The third-order valence-corrected chi connectivity index (χ3v) is 3.56. The van der Waals surface area contributed by atoms with Crippen molar-refractivity contribution in [2.24, 2.45) is 0 Å². The Morgan fingerprint density at radius 3 is 2.63 bits per heavy atom. The van der Waals surface area contributed by atoms with Crippen molar-refractivity contribution < 1.29 is 32.5 Å². The maximum absolute atomic E-state index is 12.7. The van der Waals surface area contributed by atoms with E-state index in [1.807, 2.05) is 0 Å². The smallest absolute Gasteiger partial charge is 0.417 e. The van der Waals surface area contributed by atoms with Gasteiger partial charge in [0.2, 0.25) is 5.88 Å². The second-order valence-electron chi connectivity index (χ2n) is 5.24. The zero-order valence-corrected chi connectivity index (χ0v) is 15.0. The van der Waals surface area contributed by atoms with E-state index in [2.05, 4.69) is 4.98 Å². The van der Waals surface area contributed by atoms with Gasteiger partial charge in [0.1, 0.15) is 23.1 Å². The quantitative estimate of drug-likeness (QED) is 0.654. The van der Waals surface area contributed by atoms with Crippen LogP contribution in [0.15, 0.2) is 36.5 Å². The first-order valence-electron chi connectivity index (χ1n) is 7.79. The molecule has 27 heavy (non-hydrogen) atoms. The van der Waals surface area contributed by atoms with Crippen molar-refractivity contribution in [1.29, 1.82) is 0 Å². The summed E-state index contributed by atoms with van der Waals surface area (Å²) in [5.74, 6) is 0.535. The molecule has 0 fully saturated rings. The number of methoxy groups -OCH3 is 1. The average molecular weight is 404 g/mol. The molecule has 0 amide bonds. The van der Waals surface area contributed by atoms with Gasteiger partial charge < -0.3 is 19.3 Å². The Morgan fingerprint density at radius 1 is 1.22 bits per heavy atom. The number of pyridine rings is 1. The number of aliphatic hydroxyl groups is 1. The van der Waals surface area contributed by atoms with Crippen molar-refractivity contribution in [3.05, 3.63) is 52.7 Å². The highest BCUT2D eigenvalue weighted by Gasteiger charge is 2.31. The van der Waals surface area contributed by atoms with Gasteiger partial charge in [-0.1, -0.05) is 23.8 Å². The van der Waals surface area contributed by atoms with Crippen molar-refractivity contribution in [2.45, 2.75) is 6.18 Å². The van der Waals surface area contributed by atoms with Crippen LogP contribution in [0.5, 0.6) is 17.4 Å². The molecule has 0 spiro atoms. The minimum atomic E-state index is -4.56. The van der Waals surface area contributed by atoms with Crippen LogP contribution in [-0.4, -0.2) is 37.0 Å². The van der Waals surface area contributed by atoms with E-state index in [-0.39, 0.29) is 23.3 Å². The van der Waals surface area contributed by atoms with Gasteiger partial charge in [-0.3, -0.25) is 0 Å². The number of halogens is 4. The van der Waals surface area contributed by atoms with Gasteiger partial charge in [0.05, 0.1) is 18.8 Å². The van der Waals surface area contributed by atoms with Gasteiger partial charge in [-0.15, -0.1) is 0 Å². The monoisotopic (exact) mass is 403 g/mol. The Bertz CT molecular complexity index is 797. The summed E-state index contributed by atoms with van der Waals surface area (Å²) in [5.41, 5.74) is -0.419. The van der Waals surface area contributed by atoms with Crippen LogP contribution in [0.25, 0.3) is 6.08 Å². The van der Waals surface area contributed by atoms with Gasteiger partial charge in [-0.05, 0) is 18.2 Å². The van der Waals surface area contributed by atoms with Crippen LogP contribution in [0.1, 0.15) is 11.1 Å². The van der Waals surface area contributed by atoms with Crippen LogP contribution in [0.3, 0.4) is 0 Å².